The fourth-order valence-electron chi connectivity index (χ4n) is 1.77. The van der Waals surface area contributed by atoms with Gasteiger partial charge in [-0.15, -0.1) is 0 Å². The first-order valence-corrected chi connectivity index (χ1v) is 6.91. The lowest BCUT2D eigenvalue weighted by Gasteiger charge is -2.12. The monoisotopic (exact) mass is 375 g/mol. The standard InChI is InChI=1S/C13H14INO4/c1-19-8-2-3-9(10(14)6-8)11(16)15-7-13(4-5-13)12(17)18/h2-3,6H,4-5,7H2,1H3,(H,15,16)(H,17,18). The van der Waals surface area contributed by atoms with Gasteiger partial charge in [0, 0.05) is 10.1 Å². The summed E-state index contributed by atoms with van der Waals surface area (Å²) in [7, 11) is 1.56. The molecule has 1 aromatic rings. The van der Waals surface area contributed by atoms with E-state index in [0.717, 1.165) is 3.57 Å². The highest BCUT2D eigenvalue weighted by Crippen LogP contribution is 2.45. The summed E-state index contributed by atoms with van der Waals surface area (Å²) in [6.45, 7) is 0.184. The number of benzene rings is 1. The Bertz CT molecular complexity index is 525. The molecule has 0 aromatic heterocycles. The molecule has 2 rings (SSSR count). The van der Waals surface area contributed by atoms with Crippen LogP contribution in [0.15, 0.2) is 18.2 Å². The highest BCUT2D eigenvalue weighted by molar-refractivity contribution is 14.1. The lowest BCUT2D eigenvalue weighted by molar-refractivity contribution is -0.143. The van der Waals surface area contributed by atoms with Gasteiger partial charge in [-0.3, -0.25) is 9.59 Å². The molecule has 1 aromatic carbocycles. The zero-order chi connectivity index (χ0) is 14.0. The predicted octanol–water partition coefficient (Wildman–Crippen LogP) is 1.89. The smallest absolute Gasteiger partial charge is 0.311 e. The molecular weight excluding hydrogens is 361 g/mol. The number of nitrogens with one attached hydrogen (secondary N) is 1. The number of aliphatic carboxylic acids is 1. The van der Waals surface area contributed by atoms with Gasteiger partial charge < -0.3 is 15.2 Å². The average molecular weight is 375 g/mol. The van der Waals surface area contributed by atoms with Gasteiger partial charge in [0.15, 0.2) is 0 Å². The molecule has 1 saturated carbocycles. The van der Waals surface area contributed by atoms with Crippen molar-refractivity contribution in [2.75, 3.05) is 13.7 Å². The van der Waals surface area contributed by atoms with E-state index in [1.165, 1.54) is 0 Å². The Labute approximate surface area is 124 Å². The van der Waals surface area contributed by atoms with E-state index >= 15 is 0 Å². The molecular formula is C13H14INO4. The molecule has 0 saturated heterocycles. The van der Waals surface area contributed by atoms with Crippen molar-refractivity contribution in [2.45, 2.75) is 12.8 Å². The Morgan fingerprint density at radius 2 is 2.16 bits per heavy atom. The molecule has 0 bridgehead atoms. The third-order valence-electron chi connectivity index (χ3n) is 3.32. The number of carboxylic acids is 1. The number of carbonyl (C=O) groups is 2. The van der Waals surface area contributed by atoms with Gasteiger partial charge in [0.1, 0.15) is 5.75 Å². The second-order valence-corrected chi connectivity index (χ2v) is 5.78. The van der Waals surface area contributed by atoms with E-state index in [0.29, 0.717) is 24.2 Å². The minimum Gasteiger partial charge on any atom is -0.497 e. The molecule has 6 heteroatoms. The van der Waals surface area contributed by atoms with E-state index in [-0.39, 0.29) is 12.5 Å². The van der Waals surface area contributed by atoms with Crippen molar-refractivity contribution >= 4 is 34.5 Å². The van der Waals surface area contributed by atoms with Crippen LogP contribution in [0.4, 0.5) is 0 Å². The van der Waals surface area contributed by atoms with Gasteiger partial charge in [-0.25, -0.2) is 0 Å². The topological polar surface area (TPSA) is 75.6 Å². The molecule has 1 aliphatic rings. The van der Waals surface area contributed by atoms with E-state index in [9.17, 15) is 9.59 Å². The number of hydrogen-bond acceptors (Lipinski definition) is 3. The third-order valence-corrected chi connectivity index (χ3v) is 4.21. The number of hydrogen-bond donors (Lipinski definition) is 2. The largest absolute Gasteiger partial charge is 0.497 e. The summed E-state index contributed by atoms with van der Waals surface area (Å²) in [4.78, 5) is 23.0. The molecule has 5 nitrogen and oxygen atoms in total. The Hall–Kier alpha value is -1.31. The van der Waals surface area contributed by atoms with Gasteiger partial charge in [0.2, 0.25) is 0 Å². The van der Waals surface area contributed by atoms with Crippen molar-refractivity contribution in [3.63, 3.8) is 0 Å². The van der Waals surface area contributed by atoms with Gasteiger partial charge in [-0.2, -0.15) is 0 Å². The predicted molar refractivity (Wildman–Crippen MR) is 77.3 cm³/mol. The number of methoxy groups -OCH3 is 1. The SMILES string of the molecule is COc1ccc(C(=O)NCC2(C(=O)O)CC2)c(I)c1. The van der Waals surface area contributed by atoms with E-state index in [1.807, 2.05) is 0 Å². The van der Waals surface area contributed by atoms with Crippen LogP contribution < -0.4 is 10.1 Å². The van der Waals surface area contributed by atoms with E-state index in [2.05, 4.69) is 27.9 Å². The zero-order valence-electron chi connectivity index (χ0n) is 10.4. The van der Waals surface area contributed by atoms with E-state index < -0.39 is 11.4 Å². The van der Waals surface area contributed by atoms with Crippen LogP contribution in [0.2, 0.25) is 0 Å². The first-order valence-electron chi connectivity index (χ1n) is 5.84. The maximum Gasteiger partial charge on any atom is 0.311 e. The minimum absolute atomic E-state index is 0.184. The number of carboxylic acid groups (broad SMARTS) is 1. The van der Waals surface area contributed by atoms with Gasteiger partial charge in [0.05, 0.1) is 18.1 Å². The van der Waals surface area contributed by atoms with Gasteiger partial charge in [-0.1, -0.05) is 0 Å². The molecule has 0 unspecified atom stereocenters. The molecule has 2 N–H and O–H groups in total. The van der Waals surface area contributed by atoms with E-state index in [4.69, 9.17) is 9.84 Å². The van der Waals surface area contributed by atoms with Crippen LogP contribution >= 0.6 is 22.6 Å². The minimum atomic E-state index is -0.836. The molecule has 19 heavy (non-hydrogen) atoms. The molecule has 0 heterocycles. The van der Waals surface area contributed by atoms with Crippen molar-refractivity contribution in [3.05, 3.63) is 27.3 Å². The van der Waals surface area contributed by atoms with Crippen LogP contribution in [0, 0.1) is 8.99 Å². The van der Waals surface area contributed by atoms with Crippen LogP contribution in [0.1, 0.15) is 23.2 Å². The maximum atomic E-state index is 12.0. The van der Waals surface area contributed by atoms with Crippen LogP contribution in [0.5, 0.6) is 5.75 Å². The van der Waals surface area contributed by atoms with Gasteiger partial charge >= 0.3 is 5.97 Å². The molecule has 102 valence electrons. The summed E-state index contributed by atoms with van der Waals surface area (Å²) >= 11 is 2.06. The summed E-state index contributed by atoms with van der Waals surface area (Å²) in [6.07, 6.45) is 1.25. The van der Waals surface area contributed by atoms with Crippen molar-refractivity contribution < 1.29 is 19.4 Å². The Kier molecular flexibility index (Phi) is 3.98. The lowest BCUT2D eigenvalue weighted by atomic mass is 10.1. The number of rotatable bonds is 5. The number of carbonyl (C=O) groups excluding carboxylic acids is 1. The lowest BCUT2D eigenvalue weighted by Crippen LogP contribution is -2.34. The maximum absolute atomic E-state index is 12.0. The van der Waals surface area contributed by atoms with E-state index in [1.54, 1.807) is 25.3 Å². The highest BCUT2D eigenvalue weighted by atomic mass is 127. The fraction of sp³-hybridized carbons (Fsp3) is 0.385. The van der Waals surface area contributed by atoms with Gasteiger partial charge in [-0.05, 0) is 53.6 Å². The van der Waals surface area contributed by atoms with Crippen LogP contribution in [-0.4, -0.2) is 30.6 Å². The van der Waals surface area contributed by atoms with Gasteiger partial charge in [0.25, 0.3) is 5.91 Å². The van der Waals surface area contributed by atoms with Crippen LogP contribution in [0.25, 0.3) is 0 Å². The first kappa shape index (κ1) is 14.1. The molecule has 1 amide bonds. The number of halogens is 1. The number of ether oxygens (including phenoxy) is 1. The fourth-order valence-corrected chi connectivity index (χ4v) is 2.50. The summed E-state index contributed by atoms with van der Waals surface area (Å²) in [5.41, 5.74) is -0.212. The Morgan fingerprint density at radius 1 is 1.47 bits per heavy atom. The molecule has 0 aliphatic heterocycles. The summed E-state index contributed by atoms with van der Waals surface area (Å²) in [5.74, 6) is -0.401. The van der Waals surface area contributed by atoms with Crippen LogP contribution in [-0.2, 0) is 4.79 Å². The molecule has 1 fully saturated rings. The third kappa shape index (κ3) is 2.99. The normalized spacial score (nSPS) is 15.7. The quantitative estimate of drug-likeness (QED) is 0.771. The van der Waals surface area contributed by atoms with Crippen molar-refractivity contribution in [2.24, 2.45) is 5.41 Å². The summed E-state index contributed by atoms with van der Waals surface area (Å²) < 4.78 is 5.84. The zero-order valence-corrected chi connectivity index (χ0v) is 12.6. The second kappa shape index (κ2) is 5.36. The molecule has 1 aliphatic carbocycles. The van der Waals surface area contributed by atoms with Crippen molar-refractivity contribution in [1.82, 2.24) is 5.32 Å². The highest BCUT2D eigenvalue weighted by Gasteiger charge is 2.50. The molecule has 0 radical (unpaired) electrons. The molecule has 0 spiro atoms. The van der Waals surface area contributed by atoms with Crippen molar-refractivity contribution in [3.8, 4) is 5.75 Å². The Balaban J connectivity index is 2.02. The summed E-state index contributed by atoms with van der Waals surface area (Å²) in [5, 5.41) is 11.7. The molecule has 0 atom stereocenters. The van der Waals surface area contributed by atoms with Crippen LogP contribution in [0.3, 0.4) is 0 Å². The average Bonchev–Trinajstić information content (AvgIpc) is 3.17. The Morgan fingerprint density at radius 3 is 2.63 bits per heavy atom. The summed E-state index contributed by atoms with van der Waals surface area (Å²) in [6, 6.07) is 5.15. The first-order chi connectivity index (χ1) is 8.98. The second-order valence-electron chi connectivity index (χ2n) is 4.61. The number of amides is 1. The van der Waals surface area contributed by atoms with Crippen molar-refractivity contribution in [1.29, 1.82) is 0 Å².